The highest BCUT2D eigenvalue weighted by Gasteiger charge is 2.25. The van der Waals surface area contributed by atoms with Crippen molar-refractivity contribution in [3.8, 4) is 73.1 Å². The Labute approximate surface area is 524 Å². The maximum Gasteiger partial charge on any atom is 0.160 e. The summed E-state index contributed by atoms with van der Waals surface area (Å²) in [4.78, 5) is 18.3. The van der Waals surface area contributed by atoms with E-state index < -0.39 is 0 Å². The highest BCUT2D eigenvalue weighted by atomic mass is 16.3. The van der Waals surface area contributed by atoms with E-state index in [0.717, 1.165) is 133 Å². The number of anilines is 3. The topological polar surface area (TPSA) is 60.0 Å². The Hall–Kier alpha value is -12.3. The molecule has 0 saturated carbocycles. The van der Waals surface area contributed by atoms with E-state index in [-0.39, 0.29) is 0 Å². The number of fused-ring (bicyclic) bond motifs is 14. The predicted octanol–water partition coefficient (Wildman–Crippen LogP) is 23.0. The van der Waals surface area contributed by atoms with Gasteiger partial charge in [-0.05, 0) is 145 Å². The highest BCUT2D eigenvalue weighted by Crippen LogP contribution is 2.48. The van der Waals surface area contributed by atoms with Gasteiger partial charge in [0, 0.05) is 60.7 Å². The summed E-state index contributed by atoms with van der Waals surface area (Å²) in [6.45, 7) is 0. The van der Waals surface area contributed by atoms with Crippen molar-refractivity contribution in [3.63, 3.8) is 0 Å². The van der Waals surface area contributed by atoms with E-state index in [0.29, 0.717) is 5.82 Å². The lowest BCUT2D eigenvalue weighted by Crippen LogP contribution is -2.11. The lowest BCUT2D eigenvalue weighted by Gasteiger charge is -2.29. The SMILES string of the molecule is c1ccc(-c2ccc(N(c3ccc4c(c3)c3ccc5c6cc7c8ccccc8c8ccccc8c7cc6oc5c3n4-c3cccc(-c4nc(-c5ccccc5)cc(-c5ccc6ccccc6n5)n4)c3)c3ccccc3-c3ccccc3-c3ccccc3)cc2)cc1. The van der Waals surface area contributed by atoms with Crippen LogP contribution in [-0.4, -0.2) is 19.5 Å². The van der Waals surface area contributed by atoms with Gasteiger partial charge in [0.2, 0.25) is 0 Å². The first-order chi connectivity index (χ1) is 45.1. The number of rotatable bonds is 10. The van der Waals surface area contributed by atoms with Crippen LogP contribution in [0.4, 0.5) is 17.1 Å². The molecule has 0 amide bonds. The summed E-state index contributed by atoms with van der Waals surface area (Å²) in [5.74, 6) is 0.595. The number of para-hydroxylation sites is 2. The normalized spacial score (nSPS) is 11.7. The summed E-state index contributed by atoms with van der Waals surface area (Å²) < 4.78 is 9.81. The Kier molecular flexibility index (Phi) is 12.1. The molecule has 4 heterocycles. The molecule has 0 atom stereocenters. The fourth-order valence-corrected chi connectivity index (χ4v) is 13.9. The van der Waals surface area contributed by atoms with Gasteiger partial charge in [-0.3, -0.25) is 0 Å². The summed E-state index contributed by atoms with van der Waals surface area (Å²) in [6.07, 6.45) is 0. The minimum absolute atomic E-state index is 0.595. The Morgan fingerprint density at radius 1 is 0.297 bits per heavy atom. The molecule has 6 heteroatoms. The third-order valence-corrected chi connectivity index (χ3v) is 18.2. The molecule has 0 saturated heterocycles. The summed E-state index contributed by atoms with van der Waals surface area (Å²) in [6, 6.07) is 115. The second-order valence-corrected chi connectivity index (χ2v) is 23.4. The van der Waals surface area contributed by atoms with Gasteiger partial charge in [0.05, 0.1) is 39.3 Å². The molecule has 18 aromatic rings. The molecule has 6 nitrogen and oxygen atoms in total. The molecule has 0 unspecified atom stereocenters. The van der Waals surface area contributed by atoms with E-state index >= 15 is 0 Å². The Bertz CT molecular complexity index is 5900. The largest absolute Gasteiger partial charge is 0.454 e. The van der Waals surface area contributed by atoms with Crippen LogP contribution >= 0.6 is 0 Å². The van der Waals surface area contributed by atoms with Crippen LogP contribution in [0.5, 0.6) is 0 Å². The Balaban J connectivity index is 0.885. The average Bonchev–Trinajstić information content (AvgIpc) is 1.66. The predicted molar refractivity (Wildman–Crippen MR) is 379 cm³/mol. The van der Waals surface area contributed by atoms with Gasteiger partial charge in [-0.25, -0.2) is 15.0 Å². The number of nitrogens with zero attached hydrogens (tertiary/aromatic N) is 5. The van der Waals surface area contributed by atoms with Gasteiger partial charge in [-0.2, -0.15) is 0 Å². The summed E-state index contributed by atoms with van der Waals surface area (Å²) in [5.41, 5.74) is 19.7. The number of furan rings is 1. The van der Waals surface area contributed by atoms with Crippen molar-refractivity contribution in [2.45, 2.75) is 0 Å². The fraction of sp³-hybridized carbons (Fsp3) is 0. The van der Waals surface area contributed by atoms with Crippen LogP contribution in [-0.2, 0) is 0 Å². The van der Waals surface area contributed by atoms with Crippen molar-refractivity contribution in [1.82, 2.24) is 19.5 Å². The molecule has 14 aromatic carbocycles. The number of pyridine rings is 1. The molecule has 424 valence electrons. The molecular formula is C85H53N5O. The number of hydrogen-bond donors (Lipinski definition) is 0. The van der Waals surface area contributed by atoms with Crippen molar-refractivity contribution in [1.29, 1.82) is 0 Å². The molecule has 0 bridgehead atoms. The molecule has 0 spiro atoms. The van der Waals surface area contributed by atoms with Gasteiger partial charge in [0.1, 0.15) is 5.58 Å². The molecule has 18 rings (SSSR count). The zero-order chi connectivity index (χ0) is 59.9. The van der Waals surface area contributed by atoms with Crippen molar-refractivity contribution in [2.24, 2.45) is 0 Å². The zero-order valence-corrected chi connectivity index (χ0v) is 49.2. The average molecular weight is 1160 g/mol. The second-order valence-electron chi connectivity index (χ2n) is 23.4. The molecular weight excluding hydrogens is 1110 g/mol. The molecule has 4 aromatic heterocycles. The van der Waals surface area contributed by atoms with Crippen LogP contribution in [0.2, 0.25) is 0 Å². The van der Waals surface area contributed by atoms with Crippen LogP contribution in [0.3, 0.4) is 0 Å². The van der Waals surface area contributed by atoms with Crippen molar-refractivity contribution in [2.75, 3.05) is 4.90 Å². The Morgan fingerprint density at radius 3 is 1.64 bits per heavy atom. The van der Waals surface area contributed by atoms with E-state index in [9.17, 15) is 0 Å². The minimum atomic E-state index is 0.595. The molecule has 91 heavy (non-hydrogen) atoms. The molecule has 0 radical (unpaired) electrons. The smallest absolute Gasteiger partial charge is 0.160 e. The highest BCUT2D eigenvalue weighted by molar-refractivity contribution is 6.30. The third kappa shape index (κ3) is 8.75. The van der Waals surface area contributed by atoms with E-state index in [2.05, 4.69) is 313 Å². The lowest BCUT2D eigenvalue weighted by atomic mass is 9.93. The number of hydrogen-bond acceptors (Lipinski definition) is 5. The van der Waals surface area contributed by atoms with Crippen LogP contribution in [0, 0.1) is 0 Å². The second kappa shape index (κ2) is 21.3. The van der Waals surface area contributed by atoms with Crippen LogP contribution in [0.15, 0.2) is 326 Å². The standard InChI is InChI=1S/C85H53N5O/c1-4-21-54(22-5-1)55-39-42-60(43-40-55)89(80-38-19-17-36-69(80)64-31-12-11-30-63(64)56-23-6-2-7-24-56)62-44-48-81-74(50-62)70-45-46-71-75-51-72-67-34-15-13-32-65(67)66-33-14-16-35-68(66)73(72)52-82(75)91-84(71)83(70)90(81)61-29-20-28-59(49-61)85-87-78(57-25-8-3-9-26-57)53-79(88-85)77-47-41-58-27-10-18-37-76(58)86-77/h1-53H. The van der Waals surface area contributed by atoms with Crippen LogP contribution in [0.1, 0.15) is 0 Å². The fourth-order valence-electron chi connectivity index (χ4n) is 13.9. The van der Waals surface area contributed by atoms with Crippen LogP contribution in [0.25, 0.3) is 160 Å². The quantitative estimate of drug-likeness (QED) is 0.128. The van der Waals surface area contributed by atoms with Crippen LogP contribution < -0.4 is 4.90 Å². The first kappa shape index (κ1) is 51.9. The van der Waals surface area contributed by atoms with Gasteiger partial charge >= 0.3 is 0 Å². The third-order valence-electron chi connectivity index (χ3n) is 18.2. The van der Waals surface area contributed by atoms with E-state index in [1.54, 1.807) is 0 Å². The van der Waals surface area contributed by atoms with Gasteiger partial charge < -0.3 is 13.9 Å². The molecule has 0 aliphatic carbocycles. The summed E-state index contributed by atoms with van der Waals surface area (Å²) >= 11 is 0. The number of aromatic nitrogens is 4. The van der Waals surface area contributed by atoms with Gasteiger partial charge in [0.15, 0.2) is 11.4 Å². The zero-order valence-electron chi connectivity index (χ0n) is 49.2. The first-order valence-electron chi connectivity index (χ1n) is 30.9. The van der Waals surface area contributed by atoms with E-state index in [1.807, 2.05) is 18.2 Å². The van der Waals surface area contributed by atoms with Crippen molar-refractivity contribution < 1.29 is 4.42 Å². The van der Waals surface area contributed by atoms with Crippen molar-refractivity contribution >= 4 is 104 Å². The molecule has 0 N–H and O–H groups in total. The molecule has 0 aliphatic heterocycles. The summed E-state index contributed by atoms with van der Waals surface area (Å²) in [7, 11) is 0. The van der Waals surface area contributed by atoms with Gasteiger partial charge in [-0.1, -0.05) is 237 Å². The minimum Gasteiger partial charge on any atom is -0.454 e. The summed E-state index contributed by atoms with van der Waals surface area (Å²) in [5, 5.41) is 12.5. The first-order valence-corrected chi connectivity index (χ1v) is 30.9. The molecule has 0 fully saturated rings. The van der Waals surface area contributed by atoms with Crippen molar-refractivity contribution in [3.05, 3.63) is 322 Å². The molecule has 0 aliphatic rings. The van der Waals surface area contributed by atoms with E-state index in [1.165, 1.54) is 38.1 Å². The Morgan fingerprint density at radius 2 is 0.879 bits per heavy atom. The van der Waals surface area contributed by atoms with E-state index in [4.69, 9.17) is 19.4 Å². The monoisotopic (exact) mass is 1160 g/mol. The maximum atomic E-state index is 7.41. The van der Waals surface area contributed by atoms with Gasteiger partial charge in [-0.15, -0.1) is 0 Å². The maximum absolute atomic E-state index is 7.41. The number of benzene rings is 14. The lowest BCUT2D eigenvalue weighted by molar-refractivity contribution is 0.671. The van der Waals surface area contributed by atoms with Gasteiger partial charge in [0.25, 0.3) is 0 Å².